The molecule has 1 atom stereocenters. The van der Waals surface area contributed by atoms with Gasteiger partial charge in [-0.3, -0.25) is 9.59 Å². The van der Waals surface area contributed by atoms with E-state index in [1.54, 1.807) is 4.90 Å². The number of amides is 1. The van der Waals surface area contributed by atoms with Gasteiger partial charge in [-0.2, -0.15) is 0 Å². The van der Waals surface area contributed by atoms with Crippen LogP contribution in [0.25, 0.3) is 11.0 Å². The number of imidazole rings is 1. The van der Waals surface area contributed by atoms with Crippen molar-refractivity contribution in [3.05, 3.63) is 58.3 Å². The third-order valence-corrected chi connectivity index (χ3v) is 7.20. The van der Waals surface area contributed by atoms with E-state index >= 15 is 0 Å². The van der Waals surface area contributed by atoms with Crippen LogP contribution in [0.5, 0.6) is 0 Å². The van der Waals surface area contributed by atoms with E-state index in [4.69, 9.17) is 9.72 Å². The van der Waals surface area contributed by atoms with Gasteiger partial charge < -0.3 is 14.2 Å². The van der Waals surface area contributed by atoms with Crippen molar-refractivity contribution in [1.29, 1.82) is 0 Å². The quantitative estimate of drug-likeness (QED) is 0.387. The zero-order chi connectivity index (χ0) is 24.0. The number of aromatic nitrogens is 2. The molecule has 0 spiro atoms. The maximum Gasteiger partial charge on any atom is 0.302 e. The number of rotatable bonds is 4. The first-order chi connectivity index (χ1) is 16.3. The monoisotopic (exact) mass is 531 g/mol. The van der Waals surface area contributed by atoms with Crippen LogP contribution >= 0.6 is 15.9 Å². The molecule has 1 aliphatic carbocycles. The van der Waals surface area contributed by atoms with E-state index in [1.807, 2.05) is 18.2 Å². The molecule has 34 heavy (non-hydrogen) atoms. The first-order valence-corrected chi connectivity index (χ1v) is 12.2. The number of esters is 1. The molecule has 1 aromatic heterocycles. The number of hydrogen-bond acceptors (Lipinski definition) is 4. The summed E-state index contributed by atoms with van der Waals surface area (Å²) < 4.78 is 36.1. The van der Waals surface area contributed by atoms with Gasteiger partial charge in [0.25, 0.3) is 0 Å². The van der Waals surface area contributed by atoms with Crippen LogP contribution in [-0.4, -0.2) is 27.5 Å². The maximum absolute atomic E-state index is 14.0. The Morgan fingerprint density at radius 3 is 2.53 bits per heavy atom. The van der Waals surface area contributed by atoms with Gasteiger partial charge >= 0.3 is 5.97 Å². The van der Waals surface area contributed by atoms with Crippen molar-refractivity contribution in [2.24, 2.45) is 0 Å². The third-order valence-electron chi connectivity index (χ3n) is 6.71. The molecule has 6 nitrogen and oxygen atoms in total. The van der Waals surface area contributed by atoms with Gasteiger partial charge in [-0.25, -0.2) is 13.8 Å². The Morgan fingerprint density at radius 1 is 1.06 bits per heavy atom. The van der Waals surface area contributed by atoms with Crippen molar-refractivity contribution in [3.8, 4) is 0 Å². The fourth-order valence-corrected chi connectivity index (χ4v) is 5.60. The maximum atomic E-state index is 14.0. The Labute approximate surface area is 204 Å². The van der Waals surface area contributed by atoms with Crippen LogP contribution in [0.3, 0.4) is 0 Å². The number of hydrogen-bond donors (Lipinski definition) is 0. The van der Waals surface area contributed by atoms with E-state index in [0.29, 0.717) is 18.5 Å². The fraction of sp³-hybridized carbons (Fsp3) is 0.400. The molecule has 1 aliphatic heterocycles. The Balaban J connectivity index is 1.55. The normalized spacial score (nSPS) is 23.0. The predicted molar refractivity (Wildman–Crippen MR) is 126 cm³/mol. The van der Waals surface area contributed by atoms with Crippen molar-refractivity contribution < 1.29 is 23.1 Å². The minimum Gasteiger partial charge on any atom is -0.463 e. The van der Waals surface area contributed by atoms with Crippen LogP contribution in [0.15, 0.2) is 40.9 Å². The van der Waals surface area contributed by atoms with Gasteiger partial charge in [-0.05, 0) is 62.4 Å². The minimum absolute atomic E-state index is 0.0899. The summed E-state index contributed by atoms with van der Waals surface area (Å²) in [7, 11) is 0. The number of carbonyl (C=O) groups excluding carboxylic acids is 2. The molecule has 0 N–H and O–H groups in total. The Bertz CT molecular complexity index is 1270. The molecule has 9 heteroatoms. The van der Waals surface area contributed by atoms with Crippen molar-refractivity contribution in [2.75, 3.05) is 4.90 Å². The lowest BCUT2D eigenvalue weighted by atomic mass is 9.92. The smallest absolute Gasteiger partial charge is 0.302 e. The number of halogens is 3. The topological polar surface area (TPSA) is 64.4 Å². The van der Waals surface area contributed by atoms with Gasteiger partial charge in [0.2, 0.25) is 5.91 Å². The molecule has 1 amide bonds. The molecule has 1 saturated heterocycles. The predicted octanol–water partition coefficient (Wildman–Crippen LogP) is 5.99. The van der Waals surface area contributed by atoms with Crippen molar-refractivity contribution >= 4 is 44.5 Å². The molecule has 5 rings (SSSR count). The molecule has 0 bridgehead atoms. The number of benzene rings is 2. The Kier molecular flexibility index (Phi) is 6.14. The van der Waals surface area contributed by atoms with Crippen molar-refractivity contribution in [2.45, 2.75) is 63.6 Å². The van der Waals surface area contributed by atoms with E-state index in [9.17, 15) is 18.4 Å². The Hall–Kier alpha value is -2.81. The molecule has 2 aliphatic rings. The van der Waals surface area contributed by atoms with E-state index in [1.165, 1.54) is 13.0 Å². The lowest BCUT2D eigenvalue weighted by Gasteiger charge is -2.32. The lowest BCUT2D eigenvalue weighted by molar-refractivity contribution is -0.148. The molecule has 178 valence electrons. The van der Waals surface area contributed by atoms with Gasteiger partial charge in [0, 0.05) is 35.6 Å². The number of ether oxygens (including phenoxy) is 1. The Morgan fingerprint density at radius 2 is 1.82 bits per heavy atom. The summed E-state index contributed by atoms with van der Waals surface area (Å²) in [6, 6.07) is 9.18. The van der Waals surface area contributed by atoms with Gasteiger partial charge in [-0.1, -0.05) is 15.9 Å². The van der Waals surface area contributed by atoms with E-state index in [2.05, 4.69) is 20.5 Å². The number of nitrogens with zero attached hydrogens (tertiary/aromatic N) is 3. The van der Waals surface area contributed by atoms with Gasteiger partial charge in [0.05, 0.1) is 17.1 Å². The van der Waals surface area contributed by atoms with Crippen molar-refractivity contribution in [3.63, 3.8) is 0 Å². The van der Waals surface area contributed by atoms with Crippen LogP contribution in [0.2, 0.25) is 0 Å². The van der Waals surface area contributed by atoms with Crippen LogP contribution in [0.4, 0.5) is 14.5 Å². The summed E-state index contributed by atoms with van der Waals surface area (Å²) in [6.07, 6.45) is 3.84. The highest BCUT2D eigenvalue weighted by molar-refractivity contribution is 9.10. The second-order valence-corrected chi connectivity index (χ2v) is 9.85. The van der Waals surface area contributed by atoms with E-state index in [0.717, 1.165) is 59.1 Å². The second kappa shape index (κ2) is 9.09. The summed E-state index contributed by atoms with van der Waals surface area (Å²) >= 11 is 3.51. The van der Waals surface area contributed by atoms with Crippen LogP contribution in [-0.2, 0) is 14.3 Å². The fourth-order valence-electron chi connectivity index (χ4n) is 5.25. The highest BCUT2D eigenvalue weighted by Crippen LogP contribution is 2.42. The molecule has 2 fully saturated rings. The first kappa shape index (κ1) is 23.0. The summed E-state index contributed by atoms with van der Waals surface area (Å²) in [4.78, 5) is 30.7. The zero-order valence-electron chi connectivity index (χ0n) is 18.6. The molecule has 1 saturated carbocycles. The van der Waals surface area contributed by atoms with Gasteiger partial charge in [0.1, 0.15) is 11.9 Å². The SMILES string of the molecule is CC(=O)OC1CCC(n2c([C@@H]3CCC(=O)N3c3ccc(F)c(F)c3)nc3cc(Br)ccc32)CC1. The van der Waals surface area contributed by atoms with Gasteiger partial charge in [0.15, 0.2) is 11.6 Å². The molecular formula is C25H24BrF2N3O3. The zero-order valence-corrected chi connectivity index (χ0v) is 20.2. The first-order valence-electron chi connectivity index (χ1n) is 11.4. The van der Waals surface area contributed by atoms with E-state index in [-0.39, 0.29) is 24.0 Å². The summed E-state index contributed by atoms with van der Waals surface area (Å²) in [5.74, 6) is -1.62. The second-order valence-electron chi connectivity index (χ2n) is 8.93. The highest BCUT2D eigenvalue weighted by atomic mass is 79.9. The van der Waals surface area contributed by atoms with Crippen LogP contribution < -0.4 is 4.90 Å². The summed E-state index contributed by atoms with van der Waals surface area (Å²) in [5.41, 5.74) is 2.08. The van der Waals surface area contributed by atoms with Crippen molar-refractivity contribution in [1.82, 2.24) is 9.55 Å². The number of carbonyl (C=O) groups is 2. The average Bonchev–Trinajstić information content (AvgIpc) is 3.36. The molecule has 0 radical (unpaired) electrons. The molecule has 2 aromatic carbocycles. The molecular weight excluding hydrogens is 508 g/mol. The summed E-state index contributed by atoms with van der Waals surface area (Å²) in [5, 5.41) is 0. The largest absolute Gasteiger partial charge is 0.463 e. The lowest BCUT2D eigenvalue weighted by Crippen LogP contribution is -2.31. The third kappa shape index (κ3) is 4.21. The average molecular weight is 532 g/mol. The molecule has 3 aromatic rings. The standard InChI is InChI=1S/C25H24BrF2N3O3/c1-14(32)34-18-6-3-16(4-7-18)31-22-9-2-15(26)12-21(22)29-25(31)23-10-11-24(33)30(23)17-5-8-19(27)20(28)13-17/h2,5,8-9,12-13,16,18,23H,3-4,6-7,10-11H2,1H3/t16?,18?,23-/m0/s1. The summed E-state index contributed by atoms with van der Waals surface area (Å²) in [6.45, 7) is 1.43. The van der Waals surface area contributed by atoms with Gasteiger partial charge in [-0.15, -0.1) is 0 Å². The minimum atomic E-state index is -0.989. The molecule has 2 heterocycles. The number of anilines is 1. The number of fused-ring (bicyclic) bond motifs is 1. The molecule has 0 unspecified atom stereocenters. The van der Waals surface area contributed by atoms with Crippen LogP contribution in [0.1, 0.15) is 63.4 Å². The van der Waals surface area contributed by atoms with Crippen LogP contribution in [0, 0.1) is 11.6 Å². The van der Waals surface area contributed by atoms with E-state index < -0.39 is 17.7 Å². The highest BCUT2D eigenvalue weighted by Gasteiger charge is 2.38.